The first-order chi connectivity index (χ1) is 7.51. The quantitative estimate of drug-likeness (QED) is 0.806. The molecule has 4 heteroatoms. The Morgan fingerprint density at radius 3 is 2.44 bits per heavy atom. The molecule has 0 unspecified atom stereocenters. The molecular weight excluding hydrogens is 200 g/mol. The van der Waals surface area contributed by atoms with Crippen molar-refractivity contribution in [3.63, 3.8) is 0 Å². The van der Waals surface area contributed by atoms with E-state index < -0.39 is 0 Å². The Balaban J connectivity index is 1.96. The van der Waals surface area contributed by atoms with Gasteiger partial charge in [0.25, 0.3) is 0 Å². The van der Waals surface area contributed by atoms with Crippen molar-refractivity contribution in [2.45, 2.75) is 38.3 Å². The highest BCUT2D eigenvalue weighted by Crippen LogP contribution is 2.45. The van der Waals surface area contributed by atoms with Gasteiger partial charge < -0.3 is 10.6 Å². The lowest BCUT2D eigenvalue weighted by Gasteiger charge is -2.36. The van der Waals surface area contributed by atoms with E-state index in [9.17, 15) is 0 Å². The van der Waals surface area contributed by atoms with Gasteiger partial charge >= 0.3 is 0 Å². The summed E-state index contributed by atoms with van der Waals surface area (Å²) in [6, 6.07) is 0.555. The van der Waals surface area contributed by atoms with E-state index in [1.165, 1.54) is 11.3 Å². The number of nitrogens with two attached hydrogens (primary N) is 1. The molecule has 2 aliphatic rings. The van der Waals surface area contributed by atoms with Crippen LogP contribution in [0.4, 0.5) is 0 Å². The van der Waals surface area contributed by atoms with Crippen LogP contribution >= 0.6 is 0 Å². The minimum Gasteiger partial charge on any atom is -0.321 e. The first-order valence-electron chi connectivity index (χ1n) is 6.05. The molecule has 3 rings (SSSR count). The lowest BCUT2D eigenvalue weighted by Crippen LogP contribution is -2.45. The summed E-state index contributed by atoms with van der Waals surface area (Å²) >= 11 is 0. The van der Waals surface area contributed by atoms with E-state index in [4.69, 9.17) is 5.73 Å². The van der Waals surface area contributed by atoms with E-state index in [0.717, 1.165) is 31.6 Å². The van der Waals surface area contributed by atoms with Crippen molar-refractivity contribution in [2.24, 2.45) is 5.73 Å². The lowest BCUT2D eigenvalue weighted by atomic mass is 10.0. The van der Waals surface area contributed by atoms with Crippen LogP contribution in [0.3, 0.4) is 0 Å². The Hall–Kier alpha value is -0.870. The molecule has 0 atom stereocenters. The maximum Gasteiger partial charge on any atom is 0.0775 e. The largest absolute Gasteiger partial charge is 0.321 e. The Kier molecular flexibility index (Phi) is 1.98. The Labute approximate surface area is 96.4 Å². The first-order valence-corrected chi connectivity index (χ1v) is 6.05. The Morgan fingerprint density at radius 1 is 1.31 bits per heavy atom. The molecule has 1 saturated carbocycles. The molecule has 0 amide bonds. The zero-order valence-corrected chi connectivity index (χ0v) is 10.3. The van der Waals surface area contributed by atoms with Gasteiger partial charge in [0.15, 0.2) is 0 Å². The van der Waals surface area contributed by atoms with Crippen molar-refractivity contribution < 1.29 is 0 Å². The average Bonchev–Trinajstić information content (AvgIpc) is 2.81. The van der Waals surface area contributed by atoms with E-state index in [-0.39, 0.29) is 5.54 Å². The Morgan fingerprint density at radius 2 is 1.94 bits per heavy atom. The third-order valence-corrected chi connectivity index (χ3v) is 4.00. The van der Waals surface area contributed by atoms with Crippen LogP contribution in [0.2, 0.25) is 0 Å². The number of nitrogens with zero attached hydrogens (tertiary/aromatic N) is 3. The fraction of sp³-hybridized carbons (Fsp3) is 0.750. The molecular formula is C12H20N4. The number of likely N-dealkylation sites (N-methyl/N-ethyl adjacent to an activating group) is 1. The Bertz CT molecular complexity index is 424. The topological polar surface area (TPSA) is 47.1 Å². The van der Waals surface area contributed by atoms with Crippen molar-refractivity contribution in [2.75, 3.05) is 20.1 Å². The van der Waals surface area contributed by atoms with Gasteiger partial charge in [0, 0.05) is 29.9 Å². The van der Waals surface area contributed by atoms with Gasteiger partial charge in [-0.05, 0) is 33.7 Å². The number of hydrogen-bond acceptors (Lipinski definition) is 3. The summed E-state index contributed by atoms with van der Waals surface area (Å²) in [5, 5.41) is 4.68. The van der Waals surface area contributed by atoms with Gasteiger partial charge in [-0.2, -0.15) is 5.10 Å². The number of aryl methyl sites for hydroxylation is 1. The molecule has 16 heavy (non-hydrogen) atoms. The van der Waals surface area contributed by atoms with Gasteiger partial charge in [-0.3, -0.25) is 4.68 Å². The van der Waals surface area contributed by atoms with Crippen LogP contribution in [-0.4, -0.2) is 34.8 Å². The molecule has 1 aliphatic carbocycles. The van der Waals surface area contributed by atoms with E-state index >= 15 is 0 Å². The smallest absolute Gasteiger partial charge is 0.0775 e. The predicted octanol–water partition coefficient (Wildman–Crippen LogP) is 0.934. The lowest BCUT2D eigenvalue weighted by molar-refractivity contribution is 0.128. The zero-order chi connectivity index (χ0) is 11.5. The third kappa shape index (κ3) is 1.33. The van der Waals surface area contributed by atoms with E-state index in [1.54, 1.807) is 0 Å². The predicted molar refractivity (Wildman–Crippen MR) is 63.3 cm³/mol. The first kappa shape index (κ1) is 10.3. The summed E-state index contributed by atoms with van der Waals surface area (Å²) in [7, 11) is 2.15. The summed E-state index contributed by atoms with van der Waals surface area (Å²) in [5.41, 5.74) is 9.98. The normalized spacial score (nSPS) is 24.5. The van der Waals surface area contributed by atoms with Gasteiger partial charge in [-0.15, -0.1) is 0 Å². The van der Waals surface area contributed by atoms with E-state index in [1.807, 2.05) is 0 Å². The number of rotatable bonds is 2. The highest BCUT2D eigenvalue weighted by Gasteiger charge is 2.44. The average molecular weight is 220 g/mol. The molecule has 1 aromatic heterocycles. The highest BCUT2D eigenvalue weighted by atomic mass is 15.4. The second-order valence-electron chi connectivity index (χ2n) is 5.52. The van der Waals surface area contributed by atoms with Gasteiger partial charge in [-0.1, -0.05) is 0 Å². The minimum absolute atomic E-state index is 0.0535. The van der Waals surface area contributed by atoms with E-state index in [0.29, 0.717) is 6.04 Å². The van der Waals surface area contributed by atoms with E-state index in [2.05, 4.69) is 35.6 Å². The molecule has 1 aromatic rings. The van der Waals surface area contributed by atoms with Crippen LogP contribution in [-0.2, 0) is 5.54 Å². The standard InChI is InChI=1S/C12H20N4/c1-8-11(12(13)4-5-12)9(2)16(14-8)10-6-15(3)7-10/h10H,4-7,13H2,1-3H3. The summed E-state index contributed by atoms with van der Waals surface area (Å²) in [5.74, 6) is 0. The number of likely N-dealkylation sites (tertiary alicyclic amines) is 1. The molecule has 2 N–H and O–H groups in total. The third-order valence-electron chi connectivity index (χ3n) is 4.00. The minimum atomic E-state index is -0.0535. The van der Waals surface area contributed by atoms with Crippen LogP contribution in [0.5, 0.6) is 0 Å². The second-order valence-corrected chi connectivity index (χ2v) is 5.52. The molecule has 88 valence electrons. The van der Waals surface area contributed by atoms with Crippen LogP contribution in [0.25, 0.3) is 0 Å². The summed E-state index contributed by atoms with van der Waals surface area (Å²) in [4.78, 5) is 2.32. The summed E-state index contributed by atoms with van der Waals surface area (Å²) in [6.45, 7) is 6.48. The fourth-order valence-electron chi connectivity index (χ4n) is 2.94. The van der Waals surface area contributed by atoms with Gasteiger partial charge in [0.1, 0.15) is 0 Å². The highest BCUT2D eigenvalue weighted by molar-refractivity contribution is 5.37. The van der Waals surface area contributed by atoms with Crippen molar-refractivity contribution in [3.05, 3.63) is 17.0 Å². The summed E-state index contributed by atoms with van der Waals surface area (Å²) < 4.78 is 2.19. The fourth-order valence-corrected chi connectivity index (χ4v) is 2.94. The molecule has 0 bridgehead atoms. The van der Waals surface area contributed by atoms with Gasteiger partial charge in [-0.25, -0.2) is 0 Å². The summed E-state index contributed by atoms with van der Waals surface area (Å²) in [6.07, 6.45) is 2.23. The molecule has 1 aliphatic heterocycles. The monoisotopic (exact) mass is 220 g/mol. The van der Waals surface area contributed by atoms with Crippen LogP contribution in [0.1, 0.15) is 35.8 Å². The number of aromatic nitrogens is 2. The van der Waals surface area contributed by atoms with Crippen LogP contribution in [0.15, 0.2) is 0 Å². The molecule has 0 spiro atoms. The van der Waals surface area contributed by atoms with Crippen molar-refractivity contribution in [1.29, 1.82) is 0 Å². The van der Waals surface area contributed by atoms with Crippen LogP contribution < -0.4 is 5.73 Å². The second kappa shape index (κ2) is 3.08. The SMILES string of the molecule is Cc1nn(C2CN(C)C2)c(C)c1C1(N)CC1. The molecule has 2 heterocycles. The molecule has 0 aromatic carbocycles. The molecule has 4 nitrogen and oxygen atoms in total. The van der Waals surface area contributed by atoms with Crippen molar-refractivity contribution in [3.8, 4) is 0 Å². The maximum absolute atomic E-state index is 6.31. The molecule has 0 radical (unpaired) electrons. The van der Waals surface area contributed by atoms with Crippen molar-refractivity contribution >= 4 is 0 Å². The van der Waals surface area contributed by atoms with Crippen LogP contribution in [0, 0.1) is 13.8 Å². The van der Waals surface area contributed by atoms with Crippen molar-refractivity contribution in [1.82, 2.24) is 14.7 Å². The maximum atomic E-state index is 6.31. The van der Waals surface area contributed by atoms with Gasteiger partial charge in [0.2, 0.25) is 0 Å². The molecule has 1 saturated heterocycles. The van der Waals surface area contributed by atoms with Gasteiger partial charge in [0.05, 0.1) is 11.7 Å². The molecule has 2 fully saturated rings. The zero-order valence-electron chi connectivity index (χ0n) is 10.3. The number of hydrogen-bond donors (Lipinski definition) is 1.